The van der Waals surface area contributed by atoms with E-state index in [0.29, 0.717) is 16.3 Å². The lowest BCUT2D eigenvalue weighted by Gasteiger charge is -2.10. The molecule has 0 atom stereocenters. The van der Waals surface area contributed by atoms with Gasteiger partial charge in [0.05, 0.1) is 10.6 Å². The topological polar surface area (TPSA) is 66.4 Å². The third-order valence-electron chi connectivity index (χ3n) is 3.57. The normalized spacial score (nSPS) is 10.6. The van der Waals surface area contributed by atoms with Crippen LogP contribution in [0.15, 0.2) is 54.6 Å². The number of rotatable bonds is 3. The van der Waals surface area contributed by atoms with Crippen LogP contribution in [-0.2, 0) is 0 Å². The van der Waals surface area contributed by atoms with Crippen molar-refractivity contribution in [1.29, 1.82) is 0 Å². The maximum absolute atomic E-state index is 12.6. The fourth-order valence-electron chi connectivity index (χ4n) is 2.43. The van der Waals surface area contributed by atoms with Crippen molar-refractivity contribution in [2.24, 2.45) is 0 Å². The number of carboxylic acid groups (broad SMARTS) is 1. The quantitative estimate of drug-likeness (QED) is 0.683. The molecule has 0 saturated carbocycles. The minimum Gasteiger partial charge on any atom is -0.478 e. The SMILES string of the molecule is O=C(O)c1ccc(NC(=O)c2cccc3c(Cl)cccc23)cc1Cl. The Morgan fingerprint density at radius 2 is 1.54 bits per heavy atom. The van der Waals surface area contributed by atoms with E-state index in [1.54, 1.807) is 24.3 Å². The second kappa shape index (κ2) is 6.51. The first-order chi connectivity index (χ1) is 11.5. The van der Waals surface area contributed by atoms with Crippen LogP contribution in [-0.4, -0.2) is 17.0 Å². The molecule has 0 radical (unpaired) electrons. The number of hydrogen-bond donors (Lipinski definition) is 2. The van der Waals surface area contributed by atoms with Gasteiger partial charge in [0.1, 0.15) is 0 Å². The highest BCUT2D eigenvalue weighted by Gasteiger charge is 2.13. The van der Waals surface area contributed by atoms with E-state index in [1.807, 2.05) is 12.1 Å². The van der Waals surface area contributed by atoms with Crippen molar-refractivity contribution in [3.8, 4) is 0 Å². The van der Waals surface area contributed by atoms with Crippen molar-refractivity contribution in [2.45, 2.75) is 0 Å². The van der Waals surface area contributed by atoms with Gasteiger partial charge in [-0.15, -0.1) is 0 Å². The highest BCUT2D eigenvalue weighted by atomic mass is 35.5. The van der Waals surface area contributed by atoms with E-state index < -0.39 is 5.97 Å². The smallest absolute Gasteiger partial charge is 0.337 e. The summed E-state index contributed by atoms with van der Waals surface area (Å²) in [5, 5.41) is 13.8. The first-order valence-corrected chi connectivity index (χ1v) is 7.74. The van der Waals surface area contributed by atoms with Gasteiger partial charge in [-0.05, 0) is 35.7 Å². The van der Waals surface area contributed by atoms with Gasteiger partial charge in [-0.1, -0.05) is 47.5 Å². The molecular weight excluding hydrogens is 349 g/mol. The molecule has 3 aromatic rings. The summed E-state index contributed by atoms with van der Waals surface area (Å²) in [6.07, 6.45) is 0. The second-order valence-corrected chi connectivity index (χ2v) is 5.91. The molecule has 0 aliphatic heterocycles. The molecule has 0 aliphatic rings. The summed E-state index contributed by atoms with van der Waals surface area (Å²) >= 11 is 12.1. The Balaban J connectivity index is 1.95. The van der Waals surface area contributed by atoms with Crippen molar-refractivity contribution >= 4 is 51.5 Å². The van der Waals surface area contributed by atoms with Gasteiger partial charge in [0.2, 0.25) is 0 Å². The van der Waals surface area contributed by atoms with Crippen LogP contribution in [0.2, 0.25) is 10.0 Å². The zero-order chi connectivity index (χ0) is 17.3. The van der Waals surface area contributed by atoms with Crippen molar-refractivity contribution in [2.75, 3.05) is 5.32 Å². The monoisotopic (exact) mass is 359 g/mol. The van der Waals surface area contributed by atoms with Gasteiger partial charge in [-0.25, -0.2) is 4.79 Å². The minimum absolute atomic E-state index is 0.0217. The fraction of sp³-hybridized carbons (Fsp3) is 0. The number of aromatic carboxylic acids is 1. The van der Waals surface area contributed by atoms with Crippen LogP contribution >= 0.6 is 23.2 Å². The predicted octanol–water partition coefficient (Wildman–Crippen LogP) is 5.10. The molecule has 0 bridgehead atoms. The number of halogens is 2. The van der Waals surface area contributed by atoms with Gasteiger partial charge in [0.15, 0.2) is 0 Å². The molecule has 2 N–H and O–H groups in total. The molecule has 1 amide bonds. The summed E-state index contributed by atoms with van der Waals surface area (Å²) < 4.78 is 0. The molecule has 3 aromatic carbocycles. The minimum atomic E-state index is -1.12. The maximum atomic E-state index is 12.6. The van der Waals surface area contributed by atoms with Gasteiger partial charge >= 0.3 is 5.97 Å². The van der Waals surface area contributed by atoms with E-state index in [4.69, 9.17) is 28.3 Å². The second-order valence-electron chi connectivity index (χ2n) is 5.09. The van der Waals surface area contributed by atoms with Crippen LogP contribution in [0.5, 0.6) is 0 Å². The lowest BCUT2D eigenvalue weighted by atomic mass is 10.0. The average Bonchev–Trinajstić information content (AvgIpc) is 2.54. The third kappa shape index (κ3) is 3.07. The van der Waals surface area contributed by atoms with Crippen LogP contribution in [0.1, 0.15) is 20.7 Å². The first-order valence-electron chi connectivity index (χ1n) is 6.99. The van der Waals surface area contributed by atoms with Crippen LogP contribution in [0.25, 0.3) is 10.8 Å². The lowest BCUT2D eigenvalue weighted by Crippen LogP contribution is -2.12. The van der Waals surface area contributed by atoms with E-state index in [2.05, 4.69) is 5.32 Å². The van der Waals surface area contributed by atoms with Crippen LogP contribution in [0.3, 0.4) is 0 Å². The number of amides is 1. The highest BCUT2D eigenvalue weighted by molar-refractivity contribution is 6.36. The number of anilines is 1. The Morgan fingerprint density at radius 3 is 2.25 bits per heavy atom. The molecule has 0 aliphatic carbocycles. The van der Waals surface area contributed by atoms with Gasteiger partial charge in [-0.2, -0.15) is 0 Å². The van der Waals surface area contributed by atoms with Crippen LogP contribution in [0.4, 0.5) is 5.69 Å². The number of hydrogen-bond acceptors (Lipinski definition) is 2. The largest absolute Gasteiger partial charge is 0.478 e. The summed E-state index contributed by atoms with van der Waals surface area (Å²) in [6.45, 7) is 0. The Bertz CT molecular complexity index is 970. The standard InChI is InChI=1S/C18H11Cl2NO3/c19-15-6-2-3-11-12(15)4-1-5-13(11)17(22)21-10-7-8-14(18(23)24)16(20)9-10/h1-9H,(H,21,22)(H,23,24). The molecule has 120 valence electrons. The molecule has 3 rings (SSSR count). The molecule has 0 unspecified atom stereocenters. The Morgan fingerprint density at radius 1 is 0.833 bits per heavy atom. The fourth-order valence-corrected chi connectivity index (χ4v) is 2.93. The predicted molar refractivity (Wildman–Crippen MR) is 95.3 cm³/mol. The summed E-state index contributed by atoms with van der Waals surface area (Å²) in [6, 6.07) is 14.9. The van der Waals surface area contributed by atoms with E-state index in [1.165, 1.54) is 18.2 Å². The van der Waals surface area contributed by atoms with Crippen molar-refractivity contribution in [3.05, 3.63) is 75.8 Å². The van der Waals surface area contributed by atoms with E-state index in [9.17, 15) is 9.59 Å². The molecule has 0 aromatic heterocycles. The molecule has 0 fully saturated rings. The van der Waals surface area contributed by atoms with Crippen molar-refractivity contribution < 1.29 is 14.7 Å². The molecular formula is C18H11Cl2NO3. The Hall–Kier alpha value is -2.56. The number of nitrogens with one attached hydrogen (secondary N) is 1. The summed E-state index contributed by atoms with van der Waals surface area (Å²) in [5.41, 5.74) is 0.856. The molecule has 4 nitrogen and oxygen atoms in total. The Kier molecular flexibility index (Phi) is 4.42. The van der Waals surface area contributed by atoms with Crippen LogP contribution in [0, 0.1) is 0 Å². The Labute approximate surface area is 147 Å². The van der Waals surface area contributed by atoms with Crippen molar-refractivity contribution in [1.82, 2.24) is 0 Å². The number of carboxylic acids is 1. The zero-order valence-corrected chi connectivity index (χ0v) is 13.7. The number of benzene rings is 3. The summed E-state index contributed by atoms with van der Waals surface area (Å²) in [5.74, 6) is -1.46. The van der Waals surface area contributed by atoms with Gasteiger partial charge in [0, 0.05) is 21.7 Å². The zero-order valence-electron chi connectivity index (χ0n) is 12.2. The number of fused-ring (bicyclic) bond motifs is 1. The number of carbonyl (C=O) groups excluding carboxylic acids is 1. The molecule has 0 spiro atoms. The van der Waals surface area contributed by atoms with Crippen LogP contribution < -0.4 is 5.32 Å². The molecule has 6 heteroatoms. The lowest BCUT2D eigenvalue weighted by molar-refractivity contribution is 0.0697. The van der Waals surface area contributed by atoms with Gasteiger partial charge in [0.25, 0.3) is 5.91 Å². The van der Waals surface area contributed by atoms with E-state index >= 15 is 0 Å². The molecule has 0 heterocycles. The number of carbonyl (C=O) groups is 2. The molecule has 24 heavy (non-hydrogen) atoms. The summed E-state index contributed by atoms with van der Waals surface area (Å²) in [7, 11) is 0. The highest BCUT2D eigenvalue weighted by Crippen LogP contribution is 2.27. The van der Waals surface area contributed by atoms with E-state index in [-0.39, 0.29) is 16.5 Å². The maximum Gasteiger partial charge on any atom is 0.337 e. The first kappa shape index (κ1) is 16.3. The van der Waals surface area contributed by atoms with Gasteiger partial charge < -0.3 is 10.4 Å². The third-order valence-corrected chi connectivity index (χ3v) is 4.21. The van der Waals surface area contributed by atoms with E-state index in [0.717, 1.165) is 10.8 Å². The molecule has 0 saturated heterocycles. The van der Waals surface area contributed by atoms with Crippen molar-refractivity contribution in [3.63, 3.8) is 0 Å². The average molecular weight is 360 g/mol. The summed E-state index contributed by atoms with van der Waals surface area (Å²) in [4.78, 5) is 23.5. The van der Waals surface area contributed by atoms with Gasteiger partial charge in [-0.3, -0.25) is 4.79 Å².